The number of thiazole rings is 1. The van der Waals surface area contributed by atoms with Crippen LogP contribution < -0.4 is 15.5 Å². The minimum Gasteiger partial charge on any atom is -0.378 e. The molecule has 0 radical (unpaired) electrons. The topological polar surface area (TPSA) is 61.8 Å². The Morgan fingerprint density at radius 2 is 1.96 bits per heavy atom. The standard InChI is InChI=1S/C20H29N5OS.HI/c1-3-21-20(22-9-8-19-23-14-16(2)27-19)24-15-17-4-6-18(7-5-17)25-10-12-26-13-11-25;/h4-7,14H,3,8-13,15H2,1-2H3,(H2,21,22,24);1H. The number of benzene rings is 1. The van der Waals surface area contributed by atoms with Crippen molar-refractivity contribution < 1.29 is 4.74 Å². The Labute approximate surface area is 188 Å². The third-order valence-electron chi connectivity index (χ3n) is 4.38. The molecule has 0 unspecified atom stereocenters. The van der Waals surface area contributed by atoms with Gasteiger partial charge in [0.25, 0.3) is 0 Å². The fourth-order valence-electron chi connectivity index (χ4n) is 2.95. The molecule has 1 fully saturated rings. The monoisotopic (exact) mass is 515 g/mol. The number of nitrogens with zero attached hydrogens (tertiary/aromatic N) is 3. The van der Waals surface area contributed by atoms with Crippen LogP contribution in [0.5, 0.6) is 0 Å². The van der Waals surface area contributed by atoms with Gasteiger partial charge in [-0.3, -0.25) is 0 Å². The van der Waals surface area contributed by atoms with Crippen LogP contribution in [0.3, 0.4) is 0 Å². The van der Waals surface area contributed by atoms with Crippen LogP contribution >= 0.6 is 35.3 Å². The first-order chi connectivity index (χ1) is 13.2. The second-order valence-electron chi connectivity index (χ2n) is 6.50. The predicted molar refractivity (Wildman–Crippen MR) is 128 cm³/mol. The maximum atomic E-state index is 5.42. The number of guanidine groups is 1. The van der Waals surface area contributed by atoms with Crippen LogP contribution in [-0.4, -0.2) is 50.3 Å². The Morgan fingerprint density at radius 1 is 1.21 bits per heavy atom. The first kappa shape index (κ1) is 22.9. The zero-order chi connectivity index (χ0) is 18.9. The molecule has 1 aliphatic rings. The lowest BCUT2D eigenvalue weighted by atomic mass is 10.2. The summed E-state index contributed by atoms with van der Waals surface area (Å²) in [5.74, 6) is 0.850. The van der Waals surface area contributed by atoms with E-state index in [2.05, 4.69) is 58.6 Å². The Kier molecular flexibility index (Phi) is 10.0. The van der Waals surface area contributed by atoms with Crippen LogP contribution in [0.4, 0.5) is 5.69 Å². The zero-order valence-electron chi connectivity index (χ0n) is 16.6. The third kappa shape index (κ3) is 7.21. The molecule has 2 aromatic rings. The minimum absolute atomic E-state index is 0. The summed E-state index contributed by atoms with van der Waals surface area (Å²) >= 11 is 1.75. The Hall–Kier alpha value is -1.39. The molecule has 3 rings (SSSR count). The lowest BCUT2D eigenvalue weighted by molar-refractivity contribution is 0.122. The summed E-state index contributed by atoms with van der Waals surface area (Å²) in [6, 6.07) is 8.69. The van der Waals surface area contributed by atoms with E-state index in [1.54, 1.807) is 11.3 Å². The van der Waals surface area contributed by atoms with Crippen LogP contribution in [0.15, 0.2) is 35.5 Å². The number of nitrogens with one attached hydrogen (secondary N) is 2. The third-order valence-corrected chi connectivity index (χ3v) is 5.35. The second-order valence-corrected chi connectivity index (χ2v) is 7.82. The van der Waals surface area contributed by atoms with Crippen molar-refractivity contribution in [1.82, 2.24) is 15.6 Å². The van der Waals surface area contributed by atoms with Gasteiger partial charge >= 0.3 is 0 Å². The highest BCUT2D eigenvalue weighted by Gasteiger charge is 2.10. The molecule has 1 aromatic carbocycles. The molecule has 0 atom stereocenters. The van der Waals surface area contributed by atoms with Gasteiger partial charge in [0, 0.05) is 49.4 Å². The predicted octanol–water partition coefficient (Wildman–Crippen LogP) is 3.20. The number of hydrogen-bond acceptors (Lipinski definition) is 5. The number of anilines is 1. The zero-order valence-corrected chi connectivity index (χ0v) is 19.8. The van der Waals surface area contributed by atoms with Crippen LogP contribution in [0.2, 0.25) is 0 Å². The van der Waals surface area contributed by atoms with Gasteiger partial charge in [-0.25, -0.2) is 9.98 Å². The van der Waals surface area contributed by atoms with E-state index in [0.717, 1.165) is 56.8 Å². The van der Waals surface area contributed by atoms with E-state index in [-0.39, 0.29) is 24.0 Å². The molecule has 1 saturated heterocycles. The van der Waals surface area contributed by atoms with Crippen LogP contribution in [0.25, 0.3) is 0 Å². The van der Waals surface area contributed by atoms with E-state index in [1.807, 2.05) is 6.20 Å². The van der Waals surface area contributed by atoms with Crippen LogP contribution in [0, 0.1) is 6.92 Å². The molecule has 0 aliphatic carbocycles. The molecule has 2 heterocycles. The number of morpholine rings is 1. The van der Waals surface area contributed by atoms with E-state index in [1.165, 1.54) is 16.1 Å². The van der Waals surface area contributed by atoms with Crippen molar-refractivity contribution in [2.24, 2.45) is 4.99 Å². The van der Waals surface area contributed by atoms with Gasteiger partial charge < -0.3 is 20.3 Å². The van der Waals surface area contributed by atoms with Gasteiger partial charge in [-0.05, 0) is 31.5 Å². The number of aromatic nitrogens is 1. The van der Waals surface area contributed by atoms with E-state index in [0.29, 0.717) is 6.54 Å². The minimum atomic E-state index is 0. The Bertz CT molecular complexity index is 728. The van der Waals surface area contributed by atoms with E-state index in [9.17, 15) is 0 Å². The van der Waals surface area contributed by atoms with Gasteiger partial charge in [0.05, 0.1) is 24.8 Å². The summed E-state index contributed by atoms with van der Waals surface area (Å²) in [6.45, 7) is 10.1. The van der Waals surface area contributed by atoms with E-state index < -0.39 is 0 Å². The summed E-state index contributed by atoms with van der Waals surface area (Å²) in [4.78, 5) is 12.7. The van der Waals surface area contributed by atoms with Crippen molar-refractivity contribution in [3.05, 3.63) is 45.9 Å². The van der Waals surface area contributed by atoms with Gasteiger partial charge in [-0.15, -0.1) is 35.3 Å². The molecule has 0 bridgehead atoms. The molecule has 2 N–H and O–H groups in total. The second kappa shape index (κ2) is 12.2. The first-order valence-electron chi connectivity index (χ1n) is 9.59. The highest BCUT2D eigenvalue weighted by Crippen LogP contribution is 2.17. The van der Waals surface area contributed by atoms with E-state index >= 15 is 0 Å². The fourth-order valence-corrected chi connectivity index (χ4v) is 3.74. The molecule has 0 amide bonds. The van der Waals surface area contributed by atoms with Gasteiger partial charge in [0.15, 0.2) is 5.96 Å². The van der Waals surface area contributed by atoms with Gasteiger partial charge in [-0.2, -0.15) is 0 Å². The quantitative estimate of drug-likeness (QED) is 0.337. The maximum Gasteiger partial charge on any atom is 0.191 e. The summed E-state index contributed by atoms with van der Waals surface area (Å²) in [6.07, 6.45) is 2.84. The number of halogens is 1. The Balaban J connectivity index is 0.00000280. The normalized spacial score (nSPS) is 14.5. The highest BCUT2D eigenvalue weighted by molar-refractivity contribution is 14.0. The largest absolute Gasteiger partial charge is 0.378 e. The maximum absolute atomic E-state index is 5.42. The summed E-state index contributed by atoms with van der Waals surface area (Å²) in [5.41, 5.74) is 2.47. The summed E-state index contributed by atoms with van der Waals surface area (Å²) in [5, 5.41) is 7.86. The fraction of sp³-hybridized carbons (Fsp3) is 0.500. The molecule has 8 heteroatoms. The van der Waals surface area contributed by atoms with Crippen molar-refractivity contribution in [3.63, 3.8) is 0 Å². The smallest absolute Gasteiger partial charge is 0.191 e. The first-order valence-corrected chi connectivity index (χ1v) is 10.4. The molecule has 0 saturated carbocycles. The van der Waals surface area contributed by atoms with Crippen LogP contribution in [-0.2, 0) is 17.7 Å². The Morgan fingerprint density at radius 3 is 2.61 bits per heavy atom. The van der Waals surface area contributed by atoms with Crippen molar-refractivity contribution >= 4 is 47.0 Å². The molecule has 1 aliphatic heterocycles. The van der Waals surface area contributed by atoms with Gasteiger partial charge in [0.2, 0.25) is 0 Å². The average Bonchev–Trinajstić information content (AvgIpc) is 3.12. The van der Waals surface area contributed by atoms with Crippen molar-refractivity contribution in [2.45, 2.75) is 26.8 Å². The number of hydrogen-bond donors (Lipinski definition) is 2. The SMILES string of the molecule is CCNC(=NCc1ccc(N2CCOCC2)cc1)NCCc1ncc(C)s1.I. The lowest BCUT2D eigenvalue weighted by Gasteiger charge is -2.28. The molecular weight excluding hydrogens is 485 g/mol. The lowest BCUT2D eigenvalue weighted by Crippen LogP contribution is -2.38. The summed E-state index contributed by atoms with van der Waals surface area (Å²) < 4.78 is 5.42. The van der Waals surface area contributed by atoms with Gasteiger partial charge in [-0.1, -0.05) is 12.1 Å². The number of ether oxygens (including phenoxy) is 1. The summed E-state index contributed by atoms with van der Waals surface area (Å²) in [7, 11) is 0. The van der Waals surface area contributed by atoms with Crippen LogP contribution in [0.1, 0.15) is 22.4 Å². The number of aryl methyl sites for hydroxylation is 1. The van der Waals surface area contributed by atoms with Crippen molar-refractivity contribution in [2.75, 3.05) is 44.3 Å². The van der Waals surface area contributed by atoms with Crippen molar-refractivity contribution in [3.8, 4) is 0 Å². The molecule has 1 aromatic heterocycles. The number of aliphatic imine (C=N–C) groups is 1. The van der Waals surface area contributed by atoms with Crippen molar-refractivity contribution in [1.29, 1.82) is 0 Å². The van der Waals surface area contributed by atoms with Gasteiger partial charge in [0.1, 0.15) is 0 Å². The molecule has 0 spiro atoms. The molecule has 6 nitrogen and oxygen atoms in total. The molecular formula is C20H30IN5OS. The van der Waals surface area contributed by atoms with E-state index in [4.69, 9.17) is 9.73 Å². The molecule has 28 heavy (non-hydrogen) atoms. The number of rotatable bonds is 7. The molecule has 154 valence electrons. The highest BCUT2D eigenvalue weighted by atomic mass is 127. The average molecular weight is 515 g/mol.